The molecule has 2 aromatic carbocycles. The first kappa shape index (κ1) is 18.8. The smallest absolute Gasteiger partial charge is 0.387 e. The van der Waals surface area contributed by atoms with Crippen LogP contribution in [-0.4, -0.2) is 18.2 Å². The number of alkyl halides is 2. The summed E-state index contributed by atoms with van der Waals surface area (Å²) in [4.78, 5) is 18.0. The molecule has 3 rings (SSSR count). The molecule has 2 aromatic rings. The van der Waals surface area contributed by atoms with Gasteiger partial charge in [0.2, 0.25) is 0 Å². The Kier molecular flexibility index (Phi) is 6.01. The molecule has 0 saturated heterocycles. The van der Waals surface area contributed by atoms with E-state index >= 15 is 0 Å². The number of nitrogens with one attached hydrogen (secondary N) is 1. The Morgan fingerprint density at radius 1 is 1.22 bits per heavy atom. The molecule has 0 spiro atoms. The summed E-state index contributed by atoms with van der Waals surface area (Å²) >= 11 is 0. The second-order valence-electron chi connectivity index (χ2n) is 6.10. The summed E-state index contributed by atoms with van der Waals surface area (Å²) < 4.78 is 29.8. The first-order chi connectivity index (χ1) is 13.1. The molecule has 2 atom stereocenters. The summed E-state index contributed by atoms with van der Waals surface area (Å²) in [5, 5.41) is 6.73. The van der Waals surface area contributed by atoms with E-state index in [2.05, 4.69) is 15.2 Å². The lowest BCUT2D eigenvalue weighted by molar-refractivity contribution is -0.115. The number of carbonyl (C=O) groups is 1. The Bertz CT molecular complexity index is 812. The molecule has 1 aliphatic rings. The fraction of sp³-hybridized carbons (Fsp3) is 0.300. The van der Waals surface area contributed by atoms with Crippen molar-refractivity contribution in [3.8, 4) is 5.75 Å². The molecule has 27 heavy (non-hydrogen) atoms. The van der Waals surface area contributed by atoms with E-state index < -0.39 is 12.7 Å². The third-order valence-corrected chi connectivity index (χ3v) is 4.33. The van der Waals surface area contributed by atoms with Crippen LogP contribution < -0.4 is 10.1 Å². The lowest BCUT2D eigenvalue weighted by Crippen LogP contribution is -2.34. The summed E-state index contributed by atoms with van der Waals surface area (Å²) in [6.45, 7) is -1.08. The standard InChI is InChI=1S/C20H20F2N2O3/c1-2-15(14-10-6-7-11-17(14)26-20(21)22)23-19(25)16-12-18(27-24-16)13-8-4-3-5-9-13/h3-11,15,18,20H,2,12H2,1H3,(H,23,25). The summed E-state index contributed by atoms with van der Waals surface area (Å²) in [7, 11) is 0. The van der Waals surface area contributed by atoms with E-state index in [1.165, 1.54) is 6.07 Å². The van der Waals surface area contributed by atoms with Crippen molar-refractivity contribution in [1.82, 2.24) is 5.32 Å². The number of carbonyl (C=O) groups excluding carboxylic acids is 1. The number of hydrogen-bond donors (Lipinski definition) is 1. The minimum atomic E-state index is -2.93. The van der Waals surface area contributed by atoms with E-state index in [9.17, 15) is 13.6 Å². The second kappa shape index (κ2) is 8.62. The van der Waals surface area contributed by atoms with Gasteiger partial charge in [-0.15, -0.1) is 0 Å². The lowest BCUT2D eigenvalue weighted by atomic mass is 10.0. The largest absolute Gasteiger partial charge is 0.434 e. The SMILES string of the molecule is CCC(NC(=O)C1=NOC(c2ccccc2)C1)c1ccccc1OC(F)F. The van der Waals surface area contributed by atoms with E-state index in [0.717, 1.165) is 5.56 Å². The van der Waals surface area contributed by atoms with Crippen molar-refractivity contribution in [2.24, 2.45) is 5.16 Å². The van der Waals surface area contributed by atoms with Crippen LogP contribution in [0.5, 0.6) is 5.75 Å². The number of benzene rings is 2. The number of nitrogens with zero attached hydrogens (tertiary/aromatic N) is 1. The summed E-state index contributed by atoms with van der Waals surface area (Å²) in [5.74, 6) is -0.335. The molecular formula is C20H20F2N2O3. The average Bonchev–Trinajstić information content (AvgIpc) is 3.17. The van der Waals surface area contributed by atoms with Gasteiger partial charge in [0.1, 0.15) is 11.5 Å². The van der Waals surface area contributed by atoms with Gasteiger partial charge in [-0.05, 0) is 18.1 Å². The second-order valence-corrected chi connectivity index (χ2v) is 6.10. The van der Waals surface area contributed by atoms with Crippen LogP contribution in [-0.2, 0) is 9.63 Å². The van der Waals surface area contributed by atoms with Crippen LogP contribution in [0.3, 0.4) is 0 Å². The molecule has 0 fully saturated rings. The Morgan fingerprint density at radius 2 is 1.93 bits per heavy atom. The highest BCUT2D eigenvalue weighted by Crippen LogP contribution is 2.30. The molecule has 5 nitrogen and oxygen atoms in total. The number of hydrogen-bond acceptors (Lipinski definition) is 4. The van der Waals surface area contributed by atoms with Gasteiger partial charge in [0.05, 0.1) is 6.04 Å². The van der Waals surface area contributed by atoms with Crippen LogP contribution in [0.15, 0.2) is 59.8 Å². The van der Waals surface area contributed by atoms with Crippen molar-refractivity contribution < 1.29 is 23.1 Å². The number of ether oxygens (including phenoxy) is 1. The summed E-state index contributed by atoms with van der Waals surface area (Å²) in [6, 6.07) is 15.5. The van der Waals surface area contributed by atoms with Crippen molar-refractivity contribution in [2.75, 3.05) is 0 Å². The molecule has 0 radical (unpaired) electrons. The monoisotopic (exact) mass is 374 g/mol. The van der Waals surface area contributed by atoms with Crippen molar-refractivity contribution in [1.29, 1.82) is 0 Å². The zero-order valence-corrected chi connectivity index (χ0v) is 14.8. The van der Waals surface area contributed by atoms with Crippen molar-refractivity contribution in [3.63, 3.8) is 0 Å². The summed E-state index contributed by atoms with van der Waals surface area (Å²) in [5.41, 5.74) is 1.70. The number of para-hydroxylation sites is 1. The maximum absolute atomic E-state index is 12.6. The third kappa shape index (κ3) is 4.61. The lowest BCUT2D eigenvalue weighted by Gasteiger charge is -2.20. The number of amides is 1. The highest BCUT2D eigenvalue weighted by Gasteiger charge is 2.29. The molecule has 1 N–H and O–H groups in total. The van der Waals surface area contributed by atoms with Crippen LogP contribution in [0.4, 0.5) is 8.78 Å². The maximum atomic E-state index is 12.6. The van der Waals surface area contributed by atoms with Gasteiger partial charge in [0.15, 0.2) is 6.10 Å². The van der Waals surface area contributed by atoms with E-state index in [1.807, 2.05) is 37.3 Å². The number of rotatable bonds is 7. The molecule has 1 aliphatic heterocycles. The highest BCUT2D eigenvalue weighted by molar-refractivity contribution is 6.39. The topological polar surface area (TPSA) is 59.9 Å². The minimum absolute atomic E-state index is 0.0476. The molecule has 1 amide bonds. The molecule has 1 heterocycles. The van der Waals surface area contributed by atoms with Gasteiger partial charge in [-0.2, -0.15) is 8.78 Å². The van der Waals surface area contributed by atoms with Gasteiger partial charge in [-0.3, -0.25) is 4.79 Å². The molecule has 0 aromatic heterocycles. The predicted molar refractivity (Wildman–Crippen MR) is 96.6 cm³/mol. The summed E-state index contributed by atoms with van der Waals surface area (Å²) in [6.07, 6.45) is 0.550. The maximum Gasteiger partial charge on any atom is 0.387 e. The number of oxime groups is 1. The Balaban J connectivity index is 1.68. The normalized spacial score (nSPS) is 17.2. The van der Waals surface area contributed by atoms with Crippen LogP contribution in [0, 0.1) is 0 Å². The van der Waals surface area contributed by atoms with Crippen molar-refractivity contribution >= 4 is 11.6 Å². The molecule has 7 heteroatoms. The van der Waals surface area contributed by atoms with Crippen LogP contribution >= 0.6 is 0 Å². The van der Waals surface area contributed by atoms with E-state index in [-0.39, 0.29) is 23.5 Å². The van der Waals surface area contributed by atoms with Gasteiger partial charge >= 0.3 is 6.61 Å². The van der Waals surface area contributed by atoms with Gasteiger partial charge in [-0.25, -0.2) is 0 Å². The van der Waals surface area contributed by atoms with Gasteiger partial charge in [0, 0.05) is 12.0 Å². The quantitative estimate of drug-likeness (QED) is 0.783. The Hall–Kier alpha value is -2.96. The van der Waals surface area contributed by atoms with Crippen LogP contribution in [0.1, 0.15) is 43.0 Å². The molecular weight excluding hydrogens is 354 g/mol. The van der Waals surface area contributed by atoms with Gasteiger partial charge < -0.3 is 14.9 Å². The number of halogens is 2. The van der Waals surface area contributed by atoms with E-state index in [4.69, 9.17) is 4.84 Å². The minimum Gasteiger partial charge on any atom is -0.434 e. The molecule has 2 unspecified atom stereocenters. The first-order valence-corrected chi connectivity index (χ1v) is 8.70. The fourth-order valence-electron chi connectivity index (χ4n) is 2.97. The van der Waals surface area contributed by atoms with E-state index in [1.54, 1.807) is 18.2 Å². The van der Waals surface area contributed by atoms with Gasteiger partial charge in [-0.1, -0.05) is 60.6 Å². The molecule has 0 saturated carbocycles. The Morgan fingerprint density at radius 3 is 2.63 bits per heavy atom. The van der Waals surface area contributed by atoms with E-state index in [0.29, 0.717) is 18.4 Å². The zero-order valence-electron chi connectivity index (χ0n) is 14.8. The highest BCUT2D eigenvalue weighted by atomic mass is 19.3. The zero-order chi connectivity index (χ0) is 19.2. The van der Waals surface area contributed by atoms with Crippen LogP contribution in [0.2, 0.25) is 0 Å². The molecule has 142 valence electrons. The average molecular weight is 374 g/mol. The van der Waals surface area contributed by atoms with Gasteiger partial charge in [0.25, 0.3) is 5.91 Å². The third-order valence-electron chi connectivity index (χ3n) is 4.33. The fourth-order valence-corrected chi connectivity index (χ4v) is 2.97. The van der Waals surface area contributed by atoms with Crippen LogP contribution in [0.25, 0.3) is 0 Å². The first-order valence-electron chi connectivity index (χ1n) is 8.70. The van der Waals surface area contributed by atoms with Crippen molar-refractivity contribution in [2.45, 2.75) is 38.5 Å². The molecule has 0 aliphatic carbocycles. The molecule has 0 bridgehead atoms. The Labute approximate surface area is 156 Å². The van der Waals surface area contributed by atoms with Crippen molar-refractivity contribution in [3.05, 3.63) is 65.7 Å². The predicted octanol–water partition coefficient (Wildman–Crippen LogP) is 4.37.